The van der Waals surface area contributed by atoms with Gasteiger partial charge in [0.15, 0.2) is 0 Å². The summed E-state index contributed by atoms with van der Waals surface area (Å²) in [5, 5.41) is 0. The molecule has 0 unspecified atom stereocenters. The van der Waals surface area contributed by atoms with Crippen molar-refractivity contribution < 1.29 is 17.9 Å². The third-order valence-corrected chi connectivity index (χ3v) is 5.22. The molecule has 1 aliphatic heterocycles. The van der Waals surface area contributed by atoms with Crippen molar-refractivity contribution in [1.29, 1.82) is 0 Å². The van der Waals surface area contributed by atoms with E-state index < -0.39 is 16.3 Å². The van der Waals surface area contributed by atoms with Crippen LogP contribution >= 0.6 is 0 Å². The summed E-state index contributed by atoms with van der Waals surface area (Å²) in [5.41, 5.74) is 0.903. The van der Waals surface area contributed by atoms with E-state index in [1.165, 1.54) is 14.1 Å². The molecule has 1 fully saturated rings. The second kappa shape index (κ2) is 7.87. The van der Waals surface area contributed by atoms with E-state index in [-0.39, 0.29) is 5.91 Å². The van der Waals surface area contributed by atoms with Gasteiger partial charge in [-0.2, -0.15) is 17.4 Å². The first-order valence-electron chi connectivity index (χ1n) is 7.50. The summed E-state index contributed by atoms with van der Waals surface area (Å²) in [5.74, 6) is -0.220. The summed E-state index contributed by atoms with van der Waals surface area (Å²) in [7, 11) is -0.833. The number of hydrogen-bond acceptors (Lipinski definition) is 4. The van der Waals surface area contributed by atoms with Gasteiger partial charge in [0.25, 0.3) is 10.2 Å². The Morgan fingerprint density at radius 3 is 2.43 bits per heavy atom. The molecule has 2 rings (SSSR count). The Bertz CT molecular complexity index is 613. The van der Waals surface area contributed by atoms with Crippen LogP contribution in [-0.2, 0) is 26.2 Å². The number of amides is 1. The highest BCUT2D eigenvalue weighted by Crippen LogP contribution is 2.09. The van der Waals surface area contributed by atoms with Gasteiger partial charge < -0.3 is 9.64 Å². The van der Waals surface area contributed by atoms with Crippen LogP contribution in [0.1, 0.15) is 5.56 Å². The lowest BCUT2D eigenvalue weighted by Crippen LogP contribution is -2.54. The maximum Gasteiger partial charge on any atom is 0.279 e. The molecule has 1 amide bonds. The molecule has 1 aromatic rings. The summed E-state index contributed by atoms with van der Waals surface area (Å²) < 4.78 is 33.1. The maximum atomic E-state index is 12.7. The average Bonchev–Trinajstić information content (AvgIpc) is 2.55. The molecule has 8 heteroatoms. The summed E-state index contributed by atoms with van der Waals surface area (Å²) in [6, 6.07) is 8.54. The molecule has 0 radical (unpaired) electrons. The topological polar surface area (TPSA) is 79.0 Å². The summed E-state index contributed by atoms with van der Waals surface area (Å²) >= 11 is 0. The lowest BCUT2D eigenvalue weighted by atomic mass is 10.1. The van der Waals surface area contributed by atoms with E-state index in [1.807, 2.05) is 30.3 Å². The number of rotatable bonds is 6. The quantitative estimate of drug-likeness (QED) is 0.781. The van der Waals surface area contributed by atoms with Crippen LogP contribution < -0.4 is 4.72 Å². The zero-order valence-corrected chi connectivity index (χ0v) is 14.3. The Hall–Kier alpha value is -1.48. The van der Waals surface area contributed by atoms with Crippen LogP contribution in [0.4, 0.5) is 0 Å². The number of morpholine rings is 1. The van der Waals surface area contributed by atoms with Gasteiger partial charge in [-0.05, 0) is 12.0 Å². The van der Waals surface area contributed by atoms with Crippen molar-refractivity contribution in [1.82, 2.24) is 13.9 Å². The molecule has 0 aliphatic carbocycles. The number of nitrogens with one attached hydrogen (secondary N) is 1. The number of carbonyl (C=O) groups is 1. The fraction of sp³-hybridized carbons (Fsp3) is 0.533. The largest absolute Gasteiger partial charge is 0.378 e. The molecule has 128 valence electrons. The normalized spacial score (nSPS) is 17.3. The average molecular weight is 341 g/mol. The van der Waals surface area contributed by atoms with Crippen molar-refractivity contribution >= 4 is 16.1 Å². The van der Waals surface area contributed by atoms with Gasteiger partial charge in [-0.25, -0.2) is 0 Å². The molecule has 7 nitrogen and oxygen atoms in total. The van der Waals surface area contributed by atoms with E-state index in [1.54, 1.807) is 4.90 Å². The number of ether oxygens (including phenoxy) is 1. The van der Waals surface area contributed by atoms with Crippen molar-refractivity contribution in [3.05, 3.63) is 35.9 Å². The lowest BCUT2D eigenvalue weighted by molar-refractivity contribution is -0.137. The van der Waals surface area contributed by atoms with Gasteiger partial charge in [-0.15, -0.1) is 0 Å². The molecule has 1 N–H and O–H groups in total. The van der Waals surface area contributed by atoms with E-state index in [2.05, 4.69) is 4.72 Å². The maximum absolute atomic E-state index is 12.7. The summed E-state index contributed by atoms with van der Waals surface area (Å²) in [6.07, 6.45) is 0.310. The van der Waals surface area contributed by atoms with E-state index in [0.29, 0.717) is 32.7 Å². The van der Waals surface area contributed by atoms with Gasteiger partial charge >= 0.3 is 0 Å². The number of benzene rings is 1. The third kappa shape index (κ3) is 5.00. The second-order valence-electron chi connectivity index (χ2n) is 5.59. The Morgan fingerprint density at radius 1 is 1.26 bits per heavy atom. The number of hydrogen-bond donors (Lipinski definition) is 1. The monoisotopic (exact) mass is 341 g/mol. The predicted octanol–water partition coefficient (Wildman–Crippen LogP) is -0.147. The van der Waals surface area contributed by atoms with Crippen LogP contribution in [0.2, 0.25) is 0 Å². The predicted molar refractivity (Wildman–Crippen MR) is 87.1 cm³/mol. The van der Waals surface area contributed by atoms with E-state index >= 15 is 0 Å². The Morgan fingerprint density at radius 2 is 1.87 bits per heavy atom. The fourth-order valence-corrected chi connectivity index (χ4v) is 3.07. The van der Waals surface area contributed by atoms with Crippen LogP contribution in [0, 0.1) is 0 Å². The highest BCUT2D eigenvalue weighted by atomic mass is 32.2. The molecule has 0 aromatic heterocycles. The van der Waals surface area contributed by atoms with Gasteiger partial charge in [0, 0.05) is 27.2 Å². The molecule has 23 heavy (non-hydrogen) atoms. The van der Waals surface area contributed by atoms with Gasteiger partial charge in [0.05, 0.1) is 13.2 Å². The second-order valence-corrected chi connectivity index (χ2v) is 7.50. The first-order valence-corrected chi connectivity index (χ1v) is 8.94. The lowest BCUT2D eigenvalue weighted by Gasteiger charge is -2.31. The first-order chi connectivity index (χ1) is 10.9. The fourth-order valence-electron chi connectivity index (χ4n) is 2.32. The van der Waals surface area contributed by atoms with Crippen LogP contribution in [-0.4, -0.2) is 70.0 Å². The van der Waals surface area contributed by atoms with E-state index in [4.69, 9.17) is 4.74 Å². The number of nitrogens with zero attached hydrogens (tertiary/aromatic N) is 2. The molecule has 0 spiro atoms. The zero-order chi connectivity index (χ0) is 16.9. The zero-order valence-electron chi connectivity index (χ0n) is 13.4. The van der Waals surface area contributed by atoms with Gasteiger partial charge in [0.2, 0.25) is 5.91 Å². The van der Waals surface area contributed by atoms with Crippen LogP contribution in [0.15, 0.2) is 30.3 Å². The third-order valence-electron chi connectivity index (χ3n) is 3.68. The van der Waals surface area contributed by atoms with Crippen LogP contribution in [0.25, 0.3) is 0 Å². The number of carbonyl (C=O) groups excluding carboxylic acids is 1. The van der Waals surface area contributed by atoms with E-state index in [9.17, 15) is 13.2 Å². The Labute approximate surface area is 137 Å². The first kappa shape index (κ1) is 17.9. The molecule has 1 heterocycles. The minimum atomic E-state index is -3.70. The highest BCUT2D eigenvalue weighted by molar-refractivity contribution is 7.87. The van der Waals surface area contributed by atoms with Gasteiger partial charge in [-0.1, -0.05) is 30.3 Å². The van der Waals surface area contributed by atoms with E-state index in [0.717, 1.165) is 9.87 Å². The SMILES string of the molecule is CN(C)S(=O)(=O)N[C@@H](Cc1ccccc1)C(=O)N1CCOCC1. The van der Waals surface area contributed by atoms with Crippen molar-refractivity contribution in [2.75, 3.05) is 40.4 Å². The minimum absolute atomic E-state index is 0.220. The molecule has 0 bridgehead atoms. The summed E-state index contributed by atoms with van der Waals surface area (Å²) in [6.45, 7) is 1.91. The van der Waals surface area contributed by atoms with Crippen molar-refractivity contribution in [2.24, 2.45) is 0 Å². The molecule has 1 atom stereocenters. The molecular formula is C15H23N3O4S. The molecule has 1 saturated heterocycles. The summed E-state index contributed by atoms with van der Waals surface area (Å²) in [4.78, 5) is 14.4. The highest BCUT2D eigenvalue weighted by Gasteiger charge is 2.30. The molecular weight excluding hydrogens is 318 g/mol. The van der Waals surface area contributed by atoms with Crippen LogP contribution in [0.3, 0.4) is 0 Å². The Balaban J connectivity index is 2.18. The minimum Gasteiger partial charge on any atom is -0.378 e. The van der Waals surface area contributed by atoms with Crippen molar-refractivity contribution in [2.45, 2.75) is 12.5 Å². The Kier molecular flexibility index (Phi) is 6.11. The van der Waals surface area contributed by atoms with Crippen molar-refractivity contribution in [3.8, 4) is 0 Å². The van der Waals surface area contributed by atoms with Crippen molar-refractivity contribution in [3.63, 3.8) is 0 Å². The van der Waals surface area contributed by atoms with Gasteiger partial charge in [-0.3, -0.25) is 4.79 Å². The molecule has 1 aromatic carbocycles. The standard InChI is InChI=1S/C15H23N3O4S/c1-17(2)23(20,21)16-14(12-13-6-4-3-5-7-13)15(19)18-8-10-22-11-9-18/h3-7,14,16H,8-12H2,1-2H3/t14-/m0/s1. The smallest absolute Gasteiger partial charge is 0.279 e. The van der Waals surface area contributed by atoms with Crippen LogP contribution in [0.5, 0.6) is 0 Å². The van der Waals surface area contributed by atoms with Gasteiger partial charge in [0.1, 0.15) is 6.04 Å². The molecule has 0 saturated carbocycles. The molecule has 1 aliphatic rings.